The summed E-state index contributed by atoms with van der Waals surface area (Å²) in [5.41, 5.74) is 1.98. The van der Waals surface area contributed by atoms with Crippen LogP contribution >= 0.6 is 35.0 Å². The molecule has 0 aliphatic heterocycles. The first kappa shape index (κ1) is 14.8. The Bertz CT molecular complexity index is 670. The summed E-state index contributed by atoms with van der Waals surface area (Å²) in [5, 5.41) is 12.0. The maximum atomic E-state index is 11.0. The Kier molecular flexibility index (Phi) is 4.61. The molecule has 0 aliphatic carbocycles. The summed E-state index contributed by atoms with van der Waals surface area (Å²) >= 11 is 12.9. The number of nitrogens with one attached hydrogen (secondary N) is 1. The van der Waals surface area contributed by atoms with E-state index in [2.05, 4.69) is 15.4 Å². The lowest BCUT2D eigenvalue weighted by Gasteiger charge is -2.06. The highest BCUT2D eigenvalue weighted by molar-refractivity contribution is 7.99. The van der Waals surface area contributed by atoms with Crippen molar-refractivity contribution < 1.29 is 4.92 Å². The maximum absolute atomic E-state index is 11.0. The Balaban J connectivity index is 2.45. The van der Waals surface area contributed by atoms with Gasteiger partial charge < -0.3 is 0 Å². The van der Waals surface area contributed by atoms with E-state index in [0.29, 0.717) is 14.9 Å². The summed E-state index contributed by atoms with van der Waals surface area (Å²) in [6.45, 7) is 0. The summed E-state index contributed by atoms with van der Waals surface area (Å²) in [6.07, 6.45) is 1.07. The standard InChI is InChI=1S/C10H7Cl2N5O2S/c11-5-1-2-6(12)8(3-5)20-9-7(17(18)19)4-14-10(15-9)16-13/h1-4H,13H2,(H,14,15,16). The number of rotatable bonds is 4. The largest absolute Gasteiger partial charge is 0.320 e. The van der Waals surface area contributed by atoms with Gasteiger partial charge in [0.2, 0.25) is 5.95 Å². The SMILES string of the molecule is NNc1ncc([N+](=O)[O-])c(Sc2cc(Cl)ccc2Cl)n1. The molecular weight excluding hydrogens is 325 g/mol. The summed E-state index contributed by atoms with van der Waals surface area (Å²) in [7, 11) is 0. The van der Waals surface area contributed by atoms with E-state index < -0.39 is 4.92 Å². The second kappa shape index (κ2) is 6.23. The van der Waals surface area contributed by atoms with Crippen LogP contribution in [0.15, 0.2) is 34.3 Å². The van der Waals surface area contributed by atoms with Crippen molar-refractivity contribution in [2.24, 2.45) is 5.84 Å². The second-order valence-corrected chi connectivity index (χ2v) is 5.34. The summed E-state index contributed by atoms with van der Waals surface area (Å²) in [4.78, 5) is 18.6. The zero-order chi connectivity index (χ0) is 14.7. The van der Waals surface area contributed by atoms with Gasteiger partial charge in [-0.25, -0.2) is 10.8 Å². The van der Waals surface area contributed by atoms with E-state index in [1.165, 1.54) is 0 Å². The van der Waals surface area contributed by atoms with E-state index in [0.717, 1.165) is 18.0 Å². The number of aromatic nitrogens is 2. The molecule has 104 valence electrons. The number of nitrogens with zero attached hydrogens (tertiary/aromatic N) is 3. The number of nitro groups is 1. The topological polar surface area (TPSA) is 107 Å². The van der Waals surface area contributed by atoms with Crippen LogP contribution in [-0.4, -0.2) is 14.9 Å². The van der Waals surface area contributed by atoms with Crippen molar-refractivity contribution in [1.29, 1.82) is 0 Å². The molecule has 2 rings (SSSR count). The third-order valence-electron chi connectivity index (χ3n) is 2.16. The number of nitrogen functional groups attached to an aromatic ring is 1. The number of nitrogens with two attached hydrogens (primary N) is 1. The molecule has 0 radical (unpaired) electrons. The molecule has 20 heavy (non-hydrogen) atoms. The average molecular weight is 332 g/mol. The fourth-order valence-corrected chi connectivity index (χ4v) is 2.68. The lowest BCUT2D eigenvalue weighted by Crippen LogP contribution is -2.11. The lowest BCUT2D eigenvalue weighted by molar-refractivity contribution is -0.388. The van der Waals surface area contributed by atoms with Crippen molar-refractivity contribution in [3.05, 3.63) is 44.6 Å². The van der Waals surface area contributed by atoms with E-state index >= 15 is 0 Å². The van der Waals surface area contributed by atoms with E-state index in [-0.39, 0.29) is 16.7 Å². The van der Waals surface area contributed by atoms with Crippen molar-refractivity contribution in [3.8, 4) is 0 Å². The highest BCUT2D eigenvalue weighted by Crippen LogP contribution is 2.38. The second-order valence-electron chi connectivity index (χ2n) is 3.46. The van der Waals surface area contributed by atoms with Crippen LogP contribution in [0.2, 0.25) is 10.0 Å². The summed E-state index contributed by atoms with van der Waals surface area (Å²) in [6, 6.07) is 4.81. The van der Waals surface area contributed by atoms with Crippen LogP contribution in [-0.2, 0) is 0 Å². The predicted octanol–water partition coefficient (Wildman–Crippen LogP) is 3.13. The molecule has 0 unspecified atom stereocenters. The molecule has 0 spiro atoms. The molecule has 0 saturated heterocycles. The Morgan fingerprint density at radius 1 is 1.40 bits per heavy atom. The van der Waals surface area contributed by atoms with Crippen LogP contribution in [0.1, 0.15) is 0 Å². The van der Waals surface area contributed by atoms with Gasteiger partial charge in [-0.15, -0.1) is 0 Å². The zero-order valence-corrected chi connectivity index (χ0v) is 12.0. The third-order valence-corrected chi connectivity index (χ3v) is 3.89. The van der Waals surface area contributed by atoms with Gasteiger partial charge in [0.25, 0.3) is 0 Å². The van der Waals surface area contributed by atoms with Crippen molar-refractivity contribution in [3.63, 3.8) is 0 Å². The van der Waals surface area contributed by atoms with Gasteiger partial charge in [0.05, 0.1) is 9.95 Å². The minimum atomic E-state index is -0.582. The molecule has 0 fully saturated rings. The number of benzene rings is 1. The van der Waals surface area contributed by atoms with Crippen molar-refractivity contribution >= 4 is 46.6 Å². The molecular formula is C10H7Cl2N5O2S. The zero-order valence-electron chi connectivity index (χ0n) is 9.71. The van der Waals surface area contributed by atoms with Crippen LogP contribution in [0.3, 0.4) is 0 Å². The van der Waals surface area contributed by atoms with Gasteiger partial charge >= 0.3 is 5.69 Å². The number of hydrogen-bond donors (Lipinski definition) is 2. The van der Waals surface area contributed by atoms with E-state index in [1.54, 1.807) is 18.2 Å². The van der Waals surface area contributed by atoms with Gasteiger partial charge in [0, 0.05) is 9.92 Å². The van der Waals surface area contributed by atoms with E-state index in [4.69, 9.17) is 29.0 Å². The van der Waals surface area contributed by atoms with Gasteiger partial charge in [-0.2, -0.15) is 4.98 Å². The number of anilines is 1. The third kappa shape index (κ3) is 3.28. The molecule has 0 bridgehead atoms. The molecule has 10 heteroatoms. The Morgan fingerprint density at radius 2 is 2.15 bits per heavy atom. The van der Waals surface area contributed by atoms with Crippen LogP contribution in [0.4, 0.5) is 11.6 Å². The molecule has 7 nitrogen and oxygen atoms in total. The van der Waals surface area contributed by atoms with Gasteiger partial charge in [-0.3, -0.25) is 15.5 Å². The molecule has 2 aromatic rings. The molecule has 0 atom stereocenters. The van der Waals surface area contributed by atoms with Crippen LogP contribution < -0.4 is 11.3 Å². The van der Waals surface area contributed by atoms with Gasteiger partial charge in [-0.1, -0.05) is 35.0 Å². The minimum absolute atomic E-state index is 0.0660. The summed E-state index contributed by atoms with van der Waals surface area (Å²) in [5.74, 6) is 5.26. The maximum Gasteiger partial charge on any atom is 0.320 e. The predicted molar refractivity (Wildman–Crippen MR) is 77.1 cm³/mol. The fraction of sp³-hybridized carbons (Fsp3) is 0. The van der Waals surface area contributed by atoms with Crippen LogP contribution in [0.5, 0.6) is 0 Å². The minimum Gasteiger partial charge on any atom is -0.292 e. The fourth-order valence-electron chi connectivity index (χ4n) is 1.29. The molecule has 0 saturated carbocycles. The van der Waals surface area contributed by atoms with Crippen LogP contribution in [0.25, 0.3) is 0 Å². The van der Waals surface area contributed by atoms with Gasteiger partial charge in [-0.05, 0) is 18.2 Å². The Labute approximate surface area is 127 Å². The quantitative estimate of drug-likeness (QED) is 0.383. The van der Waals surface area contributed by atoms with Crippen LogP contribution in [0, 0.1) is 10.1 Å². The first-order chi connectivity index (χ1) is 9.51. The normalized spacial score (nSPS) is 10.3. The lowest BCUT2D eigenvalue weighted by atomic mass is 10.4. The van der Waals surface area contributed by atoms with Crippen molar-refractivity contribution in [2.75, 3.05) is 5.43 Å². The number of hydrogen-bond acceptors (Lipinski definition) is 7. The monoisotopic (exact) mass is 331 g/mol. The Hall–Kier alpha value is -1.61. The van der Waals surface area contributed by atoms with Gasteiger partial charge in [0.15, 0.2) is 5.03 Å². The smallest absolute Gasteiger partial charge is 0.292 e. The average Bonchev–Trinajstić information content (AvgIpc) is 2.42. The highest BCUT2D eigenvalue weighted by Gasteiger charge is 2.19. The molecule has 0 amide bonds. The molecule has 1 aromatic carbocycles. The molecule has 1 aromatic heterocycles. The Morgan fingerprint density at radius 3 is 2.80 bits per heavy atom. The molecule has 0 aliphatic rings. The number of halogens is 2. The van der Waals surface area contributed by atoms with E-state index in [1.807, 2.05) is 0 Å². The highest BCUT2D eigenvalue weighted by atomic mass is 35.5. The molecule has 3 N–H and O–H groups in total. The summed E-state index contributed by atoms with van der Waals surface area (Å²) < 4.78 is 0. The molecule has 1 heterocycles. The first-order valence-electron chi connectivity index (χ1n) is 5.12. The first-order valence-corrected chi connectivity index (χ1v) is 6.69. The number of hydrazine groups is 1. The van der Waals surface area contributed by atoms with Crippen molar-refractivity contribution in [2.45, 2.75) is 9.92 Å². The van der Waals surface area contributed by atoms with E-state index in [9.17, 15) is 10.1 Å². The van der Waals surface area contributed by atoms with Gasteiger partial charge in [0.1, 0.15) is 6.20 Å². The van der Waals surface area contributed by atoms with Crippen molar-refractivity contribution in [1.82, 2.24) is 9.97 Å².